The fourth-order valence-corrected chi connectivity index (χ4v) is 2.41. The minimum absolute atomic E-state index is 0.254. The summed E-state index contributed by atoms with van der Waals surface area (Å²) < 4.78 is 6.34. The molecule has 0 fully saturated rings. The van der Waals surface area contributed by atoms with Crippen molar-refractivity contribution in [3.8, 4) is 0 Å². The highest BCUT2D eigenvalue weighted by molar-refractivity contribution is 6.18. The van der Waals surface area contributed by atoms with Crippen molar-refractivity contribution in [2.24, 2.45) is 0 Å². The molecule has 0 aliphatic carbocycles. The molecule has 26 heavy (non-hydrogen) atoms. The van der Waals surface area contributed by atoms with Crippen LogP contribution < -0.4 is 15.8 Å². The number of pyridine rings is 1. The Morgan fingerprint density at radius 2 is 1.92 bits per heavy atom. The standard InChI is InChI=1S/C20H25N3O3/c1-22(2)17-10-8-16(9-11-17)15-18(20(25)21-12-6-14-26-3)23-13-5-4-7-19(23)24/h4-5,7-11,13,15H,6,12,14H2,1-3H3,(H,21,25). The maximum absolute atomic E-state index is 12.7. The first kappa shape index (κ1) is 19.5. The molecule has 0 aliphatic rings. The van der Waals surface area contributed by atoms with Crippen LogP contribution in [0.15, 0.2) is 53.5 Å². The molecular weight excluding hydrogens is 330 g/mol. The van der Waals surface area contributed by atoms with E-state index in [0.29, 0.717) is 19.6 Å². The Kier molecular flexibility index (Phi) is 7.17. The predicted octanol–water partition coefficient (Wildman–Crippen LogP) is 2.07. The van der Waals surface area contributed by atoms with E-state index < -0.39 is 0 Å². The molecule has 0 aliphatic heterocycles. The molecule has 6 nitrogen and oxygen atoms in total. The van der Waals surface area contributed by atoms with Crippen LogP contribution >= 0.6 is 0 Å². The van der Waals surface area contributed by atoms with Crippen LogP contribution in [0.1, 0.15) is 12.0 Å². The third-order valence-corrected chi connectivity index (χ3v) is 3.84. The van der Waals surface area contributed by atoms with E-state index in [1.54, 1.807) is 31.5 Å². The average Bonchev–Trinajstić information content (AvgIpc) is 2.64. The van der Waals surface area contributed by atoms with Crippen LogP contribution in [0.3, 0.4) is 0 Å². The minimum Gasteiger partial charge on any atom is -0.385 e. The molecule has 0 radical (unpaired) electrons. The highest BCUT2D eigenvalue weighted by Gasteiger charge is 2.12. The van der Waals surface area contributed by atoms with Crippen molar-refractivity contribution in [2.45, 2.75) is 6.42 Å². The zero-order valence-electron chi connectivity index (χ0n) is 15.4. The summed E-state index contributed by atoms with van der Waals surface area (Å²) in [6, 6.07) is 12.6. The number of hydrogen-bond donors (Lipinski definition) is 1. The van der Waals surface area contributed by atoms with E-state index in [-0.39, 0.29) is 17.2 Å². The molecule has 0 saturated heterocycles. The van der Waals surface area contributed by atoms with Gasteiger partial charge in [0.2, 0.25) is 0 Å². The molecular formula is C20H25N3O3. The quantitative estimate of drug-likeness (QED) is 0.582. The van der Waals surface area contributed by atoms with Crippen molar-refractivity contribution in [1.29, 1.82) is 0 Å². The van der Waals surface area contributed by atoms with E-state index in [9.17, 15) is 9.59 Å². The largest absolute Gasteiger partial charge is 0.385 e. The van der Waals surface area contributed by atoms with Gasteiger partial charge in [-0.15, -0.1) is 0 Å². The zero-order valence-corrected chi connectivity index (χ0v) is 15.4. The van der Waals surface area contributed by atoms with Gasteiger partial charge in [0.15, 0.2) is 0 Å². The normalized spacial score (nSPS) is 11.3. The zero-order chi connectivity index (χ0) is 18.9. The van der Waals surface area contributed by atoms with Gasteiger partial charge in [0.25, 0.3) is 11.5 Å². The van der Waals surface area contributed by atoms with Gasteiger partial charge in [-0.1, -0.05) is 18.2 Å². The van der Waals surface area contributed by atoms with Crippen LogP contribution in [0.5, 0.6) is 0 Å². The minimum atomic E-state index is -0.300. The van der Waals surface area contributed by atoms with Gasteiger partial charge < -0.3 is 15.0 Å². The maximum atomic E-state index is 12.7. The molecule has 0 unspecified atom stereocenters. The summed E-state index contributed by atoms with van der Waals surface area (Å²) in [6.45, 7) is 1.04. The lowest BCUT2D eigenvalue weighted by atomic mass is 10.1. The summed E-state index contributed by atoms with van der Waals surface area (Å²) in [6.07, 6.45) is 4.01. The van der Waals surface area contributed by atoms with Gasteiger partial charge in [0.1, 0.15) is 5.70 Å². The van der Waals surface area contributed by atoms with Crippen LogP contribution in [0.25, 0.3) is 11.8 Å². The molecule has 1 amide bonds. The highest BCUT2D eigenvalue weighted by Crippen LogP contribution is 2.16. The summed E-state index contributed by atoms with van der Waals surface area (Å²) in [4.78, 5) is 26.8. The summed E-state index contributed by atoms with van der Waals surface area (Å²) in [5.41, 5.74) is 1.93. The fourth-order valence-electron chi connectivity index (χ4n) is 2.41. The Bertz CT molecular complexity index is 808. The summed E-state index contributed by atoms with van der Waals surface area (Å²) in [7, 11) is 5.55. The number of hydrogen-bond acceptors (Lipinski definition) is 4. The lowest BCUT2D eigenvalue weighted by molar-refractivity contribution is -0.116. The number of carbonyl (C=O) groups excluding carboxylic acids is 1. The van der Waals surface area contributed by atoms with E-state index in [0.717, 1.165) is 11.3 Å². The third kappa shape index (κ3) is 5.32. The lowest BCUT2D eigenvalue weighted by Gasteiger charge is -2.13. The molecule has 2 rings (SSSR count). The molecule has 1 heterocycles. The molecule has 0 saturated carbocycles. The lowest BCUT2D eigenvalue weighted by Crippen LogP contribution is -2.31. The summed E-state index contributed by atoms with van der Waals surface area (Å²) in [5, 5.41) is 2.84. The molecule has 138 valence electrons. The second-order valence-corrected chi connectivity index (χ2v) is 6.03. The van der Waals surface area contributed by atoms with E-state index in [4.69, 9.17) is 4.74 Å². The van der Waals surface area contributed by atoms with Crippen LogP contribution in [0, 0.1) is 0 Å². The maximum Gasteiger partial charge on any atom is 0.268 e. The first-order valence-corrected chi connectivity index (χ1v) is 8.47. The number of carbonyl (C=O) groups is 1. The summed E-state index contributed by atoms with van der Waals surface area (Å²) >= 11 is 0. The number of rotatable bonds is 8. The third-order valence-electron chi connectivity index (χ3n) is 3.84. The van der Waals surface area contributed by atoms with Crippen molar-refractivity contribution in [3.63, 3.8) is 0 Å². The Morgan fingerprint density at radius 3 is 2.54 bits per heavy atom. The molecule has 1 N–H and O–H groups in total. The van der Waals surface area contributed by atoms with E-state index in [2.05, 4.69) is 5.32 Å². The van der Waals surface area contributed by atoms with E-state index >= 15 is 0 Å². The highest BCUT2D eigenvalue weighted by atomic mass is 16.5. The molecule has 6 heteroatoms. The Morgan fingerprint density at radius 1 is 1.19 bits per heavy atom. The first-order chi connectivity index (χ1) is 12.5. The van der Waals surface area contributed by atoms with Crippen molar-refractivity contribution < 1.29 is 9.53 Å². The molecule has 1 aromatic heterocycles. The number of amides is 1. The van der Waals surface area contributed by atoms with E-state index in [1.165, 1.54) is 10.6 Å². The Hall–Kier alpha value is -2.86. The number of aromatic nitrogens is 1. The number of nitrogens with one attached hydrogen (secondary N) is 1. The second kappa shape index (κ2) is 9.58. The number of methoxy groups -OCH3 is 1. The average molecular weight is 355 g/mol. The first-order valence-electron chi connectivity index (χ1n) is 8.47. The number of benzene rings is 1. The van der Waals surface area contributed by atoms with Crippen LogP contribution in [-0.2, 0) is 9.53 Å². The Labute approximate surface area is 153 Å². The number of nitrogens with zero attached hydrogens (tertiary/aromatic N) is 2. The van der Waals surface area contributed by atoms with Gasteiger partial charge >= 0.3 is 0 Å². The van der Waals surface area contributed by atoms with Gasteiger partial charge in [-0.2, -0.15) is 0 Å². The molecule has 0 bridgehead atoms. The van der Waals surface area contributed by atoms with Crippen molar-refractivity contribution >= 4 is 23.4 Å². The smallest absolute Gasteiger partial charge is 0.268 e. The number of ether oxygens (including phenoxy) is 1. The molecule has 1 aromatic carbocycles. The summed E-state index contributed by atoms with van der Waals surface area (Å²) in [5.74, 6) is -0.300. The van der Waals surface area contributed by atoms with Crippen molar-refractivity contribution in [3.05, 3.63) is 64.6 Å². The second-order valence-electron chi connectivity index (χ2n) is 6.03. The molecule has 0 spiro atoms. The SMILES string of the molecule is COCCCNC(=O)C(=Cc1ccc(N(C)C)cc1)n1ccccc1=O. The van der Waals surface area contributed by atoms with Gasteiger partial charge in [-0.05, 0) is 36.3 Å². The van der Waals surface area contributed by atoms with Crippen molar-refractivity contribution in [1.82, 2.24) is 9.88 Å². The van der Waals surface area contributed by atoms with Gasteiger partial charge in [0, 0.05) is 52.3 Å². The van der Waals surface area contributed by atoms with Crippen LogP contribution in [0.2, 0.25) is 0 Å². The van der Waals surface area contributed by atoms with Crippen LogP contribution in [0.4, 0.5) is 5.69 Å². The monoisotopic (exact) mass is 355 g/mol. The van der Waals surface area contributed by atoms with Crippen LogP contribution in [-0.4, -0.2) is 44.8 Å². The molecule has 0 atom stereocenters. The van der Waals surface area contributed by atoms with Gasteiger partial charge in [0.05, 0.1) is 0 Å². The van der Waals surface area contributed by atoms with Gasteiger partial charge in [-0.3, -0.25) is 14.2 Å². The fraction of sp³-hybridized carbons (Fsp3) is 0.300. The van der Waals surface area contributed by atoms with E-state index in [1.807, 2.05) is 43.3 Å². The number of anilines is 1. The van der Waals surface area contributed by atoms with Crippen molar-refractivity contribution in [2.75, 3.05) is 39.3 Å². The molecule has 2 aromatic rings. The van der Waals surface area contributed by atoms with Gasteiger partial charge in [-0.25, -0.2) is 0 Å². The predicted molar refractivity (Wildman–Crippen MR) is 105 cm³/mol. The topological polar surface area (TPSA) is 63.6 Å². The Balaban J connectivity index is 2.32.